The van der Waals surface area contributed by atoms with E-state index in [1.165, 1.54) is 11.3 Å². The Morgan fingerprint density at radius 2 is 2.28 bits per heavy atom. The number of hydrogen-bond donors (Lipinski definition) is 1. The molecule has 3 unspecified atom stereocenters. The van der Waals surface area contributed by atoms with Crippen molar-refractivity contribution >= 4 is 40.4 Å². The van der Waals surface area contributed by atoms with Gasteiger partial charge in [0, 0.05) is 25.7 Å². The fourth-order valence-corrected chi connectivity index (χ4v) is 4.52. The van der Waals surface area contributed by atoms with Crippen molar-refractivity contribution in [3.05, 3.63) is 20.3 Å². The smallest absolute Gasteiger partial charge is 0.256 e. The van der Waals surface area contributed by atoms with Crippen molar-refractivity contribution < 1.29 is 4.79 Å². The van der Waals surface area contributed by atoms with Crippen LogP contribution in [0, 0.1) is 11.8 Å². The van der Waals surface area contributed by atoms with E-state index in [1.54, 1.807) is 6.07 Å². The van der Waals surface area contributed by atoms with Gasteiger partial charge in [-0.2, -0.15) is 0 Å². The number of hydrogen-bond acceptors (Lipinski definition) is 3. The molecule has 0 aromatic carbocycles. The molecule has 18 heavy (non-hydrogen) atoms. The quantitative estimate of drug-likeness (QED) is 0.865. The monoisotopic (exact) mass is 304 g/mol. The van der Waals surface area contributed by atoms with Crippen LogP contribution in [0.1, 0.15) is 17.3 Å². The maximum Gasteiger partial charge on any atom is 0.256 e. The number of halogens is 2. The molecule has 2 fully saturated rings. The summed E-state index contributed by atoms with van der Waals surface area (Å²) in [6, 6.07) is 1.95. The Bertz CT molecular complexity index is 490. The van der Waals surface area contributed by atoms with Gasteiger partial charge in [-0.15, -0.1) is 11.3 Å². The summed E-state index contributed by atoms with van der Waals surface area (Å²) < 4.78 is 1.06. The zero-order valence-corrected chi connectivity index (χ0v) is 12.3. The lowest BCUT2D eigenvalue weighted by Crippen LogP contribution is -2.38. The van der Waals surface area contributed by atoms with Gasteiger partial charge in [0.1, 0.15) is 4.34 Å². The van der Waals surface area contributed by atoms with E-state index in [-0.39, 0.29) is 11.9 Å². The second-order valence-corrected chi connectivity index (χ2v) is 7.30. The molecule has 98 valence electrons. The van der Waals surface area contributed by atoms with E-state index >= 15 is 0 Å². The summed E-state index contributed by atoms with van der Waals surface area (Å²) in [5, 5.41) is 3.39. The highest BCUT2D eigenvalue weighted by molar-refractivity contribution is 7.20. The van der Waals surface area contributed by atoms with Crippen LogP contribution >= 0.6 is 34.5 Å². The summed E-state index contributed by atoms with van der Waals surface area (Å²) in [5.74, 6) is 1.17. The SMILES string of the molecule is CC1C2CNCC2CN1C(=O)c1cc(Cl)sc1Cl. The molecule has 3 atom stereocenters. The van der Waals surface area contributed by atoms with Gasteiger partial charge in [0.25, 0.3) is 5.91 Å². The van der Waals surface area contributed by atoms with Crippen LogP contribution in [0.3, 0.4) is 0 Å². The molecule has 0 aliphatic carbocycles. The minimum absolute atomic E-state index is 0.0186. The minimum atomic E-state index is 0.0186. The molecule has 3 rings (SSSR count). The number of nitrogens with zero attached hydrogens (tertiary/aromatic N) is 1. The largest absolute Gasteiger partial charge is 0.335 e. The zero-order valence-electron chi connectivity index (χ0n) is 9.95. The summed E-state index contributed by atoms with van der Waals surface area (Å²) in [7, 11) is 0. The van der Waals surface area contributed by atoms with E-state index in [1.807, 2.05) is 4.90 Å². The number of carbonyl (C=O) groups is 1. The molecule has 0 bridgehead atoms. The molecular weight excluding hydrogens is 291 g/mol. The van der Waals surface area contributed by atoms with Gasteiger partial charge in [-0.1, -0.05) is 23.2 Å². The number of likely N-dealkylation sites (tertiary alicyclic amines) is 1. The summed E-state index contributed by atoms with van der Waals surface area (Å²) in [4.78, 5) is 14.4. The predicted molar refractivity (Wildman–Crippen MR) is 74.7 cm³/mol. The standard InChI is InChI=1S/C12H14Cl2N2OS/c1-6-9-4-15-3-7(9)5-16(6)12(17)8-2-10(13)18-11(8)14/h2,6-7,9,15H,3-5H2,1H3. The Balaban J connectivity index is 1.83. The van der Waals surface area contributed by atoms with E-state index in [0.29, 0.717) is 26.1 Å². The summed E-state index contributed by atoms with van der Waals surface area (Å²) in [6.07, 6.45) is 0. The first-order valence-corrected chi connectivity index (χ1v) is 7.61. The van der Waals surface area contributed by atoms with E-state index in [4.69, 9.17) is 23.2 Å². The molecule has 2 saturated heterocycles. The van der Waals surface area contributed by atoms with Crippen LogP contribution in [0.25, 0.3) is 0 Å². The molecule has 1 aromatic rings. The number of amides is 1. The molecule has 2 aliphatic heterocycles. The Kier molecular flexibility index (Phi) is 3.30. The third-order valence-electron chi connectivity index (χ3n) is 4.08. The molecule has 6 heteroatoms. The van der Waals surface area contributed by atoms with Gasteiger partial charge in [-0.3, -0.25) is 4.79 Å². The highest BCUT2D eigenvalue weighted by Gasteiger charge is 2.44. The van der Waals surface area contributed by atoms with Gasteiger partial charge in [0.05, 0.1) is 9.90 Å². The van der Waals surface area contributed by atoms with Gasteiger partial charge < -0.3 is 10.2 Å². The van der Waals surface area contributed by atoms with Crippen LogP contribution < -0.4 is 5.32 Å². The third kappa shape index (κ3) is 1.95. The Hall–Kier alpha value is -0.290. The van der Waals surface area contributed by atoms with Gasteiger partial charge in [-0.25, -0.2) is 0 Å². The minimum Gasteiger partial charge on any atom is -0.335 e. The summed E-state index contributed by atoms with van der Waals surface area (Å²) in [6.45, 7) is 4.96. The van der Waals surface area contributed by atoms with Crippen molar-refractivity contribution in [2.24, 2.45) is 11.8 Å². The van der Waals surface area contributed by atoms with Crippen molar-refractivity contribution in [2.75, 3.05) is 19.6 Å². The first kappa shape index (κ1) is 12.7. The van der Waals surface area contributed by atoms with Crippen molar-refractivity contribution in [2.45, 2.75) is 13.0 Å². The van der Waals surface area contributed by atoms with E-state index < -0.39 is 0 Å². The highest BCUT2D eigenvalue weighted by Crippen LogP contribution is 2.37. The van der Waals surface area contributed by atoms with E-state index in [9.17, 15) is 4.79 Å². The fourth-order valence-electron chi connectivity index (χ4n) is 3.08. The predicted octanol–water partition coefficient (Wildman–Crippen LogP) is 2.73. The normalized spacial score (nSPS) is 30.8. The maximum atomic E-state index is 12.5. The molecule has 3 heterocycles. The highest BCUT2D eigenvalue weighted by atomic mass is 35.5. The number of fused-ring (bicyclic) bond motifs is 1. The zero-order chi connectivity index (χ0) is 12.9. The average Bonchev–Trinajstić information content (AvgIpc) is 2.96. The first-order valence-electron chi connectivity index (χ1n) is 6.04. The van der Waals surface area contributed by atoms with Crippen LogP contribution in [-0.4, -0.2) is 36.5 Å². The van der Waals surface area contributed by atoms with Crippen molar-refractivity contribution in [1.82, 2.24) is 10.2 Å². The lowest BCUT2D eigenvalue weighted by molar-refractivity contribution is 0.0729. The van der Waals surface area contributed by atoms with Gasteiger partial charge >= 0.3 is 0 Å². The lowest BCUT2D eigenvalue weighted by Gasteiger charge is -2.24. The maximum absolute atomic E-state index is 12.5. The second-order valence-electron chi connectivity index (χ2n) is 5.02. The van der Waals surface area contributed by atoms with Gasteiger partial charge in [0.15, 0.2) is 0 Å². The molecular formula is C12H14Cl2N2OS. The molecule has 3 nitrogen and oxygen atoms in total. The van der Waals surface area contributed by atoms with E-state index in [2.05, 4.69) is 12.2 Å². The summed E-state index contributed by atoms with van der Waals surface area (Å²) >= 11 is 13.2. The Labute approximate surface area is 120 Å². The van der Waals surface area contributed by atoms with E-state index in [0.717, 1.165) is 19.6 Å². The fraction of sp³-hybridized carbons (Fsp3) is 0.583. The molecule has 2 aliphatic rings. The Morgan fingerprint density at radius 1 is 1.50 bits per heavy atom. The molecule has 1 amide bonds. The lowest BCUT2D eigenvalue weighted by atomic mass is 9.95. The van der Waals surface area contributed by atoms with Crippen molar-refractivity contribution in [3.63, 3.8) is 0 Å². The van der Waals surface area contributed by atoms with Crippen molar-refractivity contribution in [3.8, 4) is 0 Å². The van der Waals surface area contributed by atoms with Crippen molar-refractivity contribution in [1.29, 1.82) is 0 Å². The van der Waals surface area contributed by atoms with Gasteiger partial charge in [0.2, 0.25) is 0 Å². The third-order valence-corrected chi connectivity index (χ3v) is 5.57. The summed E-state index contributed by atoms with van der Waals surface area (Å²) in [5.41, 5.74) is 0.548. The Morgan fingerprint density at radius 3 is 2.89 bits per heavy atom. The topological polar surface area (TPSA) is 32.3 Å². The van der Waals surface area contributed by atoms with Crippen LogP contribution in [-0.2, 0) is 0 Å². The average molecular weight is 305 g/mol. The molecule has 0 spiro atoms. The molecule has 1 aromatic heterocycles. The van der Waals surface area contributed by atoms with Crippen LogP contribution in [0.4, 0.5) is 0 Å². The second kappa shape index (κ2) is 4.67. The van der Waals surface area contributed by atoms with Crippen LogP contribution in [0.15, 0.2) is 6.07 Å². The molecule has 1 N–H and O–H groups in total. The molecule has 0 saturated carbocycles. The number of carbonyl (C=O) groups excluding carboxylic acids is 1. The van der Waals surface area contributed by atoms with Gasteiger partial charge in [-0.05, 0) is 24.8 Å². The van der Waals surface area contributed by atoms with Crippen LogP contribution in [0.5, 0.6) is 0 Å². The number of nitrogens with one attached hydrogen (secondary N) is 1. The van der Waals surface area contributed by atoms with Crippen LogP contribution in [0.2, 0.25) is 8.67 Å². The number of thiophene rings is 1. The number of rotatable bonds is 1. The molecule has 0 radical (unpaired) electrons. The first-order chi connectivity index (χ1) is 8.58.